The van der Waals surface area contributed by atoms with Crippen molar-refractivity contribution in [2.24, 2.45) is 0 Å². The third-order valence-corrected chi connectivity index (χ3v) is 5.29. The van der Waals surface area contributed by atoms with Crippen molar-refractivity contribution >= 4 is 22.6 Å². The second kappa shape index (κ2) is 7.85. The minimum absolute atomic E-state index is 0.311. The molecule has 1 heterocycles. The molecule has 0 saturated carbocycles. The van der Waals surface area contributed by atoms with Crippen LogP contribution in [-0.4, -0.2) is 41.8 Å². The lowest BCUT2D eigenvalue weighted by Crippen LogP contribution is -2.44. The van der Waals surface area contributed by atoms with E-state index in [9.17, 15) is 5.11 Å². The summed E-state index contributed by atoms with van der Waals surface area (Å²) in [6, 6.07) is 16.4. The smallest absolute Gasteiger partial charge is 0.119 e. The Balaban J connectivity index is 1.59. The normalized spacial score (nSPS) is 17.6. The van der Waals surface area contributed by atoms with Crippen molar-refractivity contribution in [3.8, 4) is 16.9 Å². The van der Waals surface area contributed by atoms with Crippen molar-refractivity contribution in [3.63, 3.8) is 0 Å². The third-order valence-electron chi connectivity index (χ3n) is 4.35. The molecule has 128 valence electrons. The highest BCUT2D eigenvalue weighted by Gasteiger charge is 2.26. The van der Waals surface area contributed by atoms with Crippen LogP contribution in [0, 0.1) is 3.57 Å². The molecule has 1 saturated heterocycles. The summed E-state index contributed by atoms with van der Waals surface area (Å²) in [6.45, 7) is 5.01. The lowest BCUT2D eigenvalue weighted by molar-refractivity contribution is -0.0127. The second-order valence-corrected chi connectivity index (χ2v) is 7.94. The molecule has 0 amide bonds. The van der Waals surface area contributed by atoms with Gasteiger partial charge in [0.25, 0.3) is 0 Å². The number of likely N-dealkylation sites (tertiary alicyclic amines) is 1. The van der Waals surface area contributed by atoms with Gasteiger partial charge in [0.05, 0.1) is 0 Å². The van der Waals surface area contributed by atoms with Gasteiger partial charge in [0, 0.05) is 10.1 Å². The Kier molecular flexibility index (Phi) is 5.79. The summed E-state index contributed by atoms with van der Waals surface area (Å²) in [5.74, 6) is 0.798. The summed E-state index contributed by atoms with van der Waals surface area (Å²) in [6.07, 6.45) is 2.47. The van der Waals surface area contributed by atoms with Crippen molar-refractivity contribution < 1.29 is 9.84 Å². The van der Waals surface area contributed by atoms with Gasteiger partial charge >= 0.3 is 0 Å². The number of β-amino-alcohol motifs (C(OH)–C–C–N with tert-alkyl or cyclic N) is 1. The maximum atomic E-state index is 10.5. The minimum Gasteiger partial charge on any atom is -0.491 e. The lowest BCUT2D eigenvalue weighted by Gasteiger charge is -2.28. The Labute approximate surface area is 157 Å². The Morgan fingerprint density at radius 3 is 2.42 bits per heavy atom. The highest BCUT2D eigenvalue weighted by atomic mass is 127. The van der Waals surface area contributed by atoms with E-state index in [-0.39, 0.29) is 0 Å². The van der Waals surface area contributed by atoms with Crippen molar-refractivity contribution in [1.82, 2.24) is 4.90 Å². The van der Waals surface area contributed by atoms with Crippen LogP contribution in [0.1, 0.15) is 19.8 Å². The van der Waals surface area contributed by atoms with Crippen LogP contribution in [0.5, 0.6) is 5.75 Å². The zero-order chi connectivity index (χ0) is 17.0. The molecule has 1 fully saturated rings. The lowest BCUT2D eigenvalue weighted by atomic mass is 10.1. The molecule has 24 heavy (non-hydrogen) atoms. The van der Waals surface area contributed by atoms with E-state index < -0.39 is 5.60 Å². The molecule has 1 unspecified atom stereocenters. The molecule has 2 aromatic carbocycles. The van der Waals surface area contributed by atoms with Crippen LogP contribution in [0.3, 0.4) is 0 Å². The zero-order valence-electron chi connectivity index (χ0n) is 14.0. The average molecular weight is 437 g/mol. The van der Waals surface area contributed by atoms with Crippen LogP contribution >= 0.6 is 22.6 Å². The molecule has 0 bridgehead atoms. The molecule has 1 N–H and O–H groups in total. The van der Waals surface area contributed by atoms with E-state index in [2.05, 4.69) is 57.8 Å². The average Bonchev–Trinajstić information content (AvgIpc) is 3.06. The van der Waals surface area contributed by atoms with Gasteiger partial charge in [0.15, 0.2) is 0 Å². The summed E-state index contributed by atoms with van der Waals surface area (Å²) in [4.78, 5) is 2.31. The third kappa shape index (κ3) is 4.71. The quantitative estimate of drug-likeness (QED) is 0.689. The number of rotatable bonds is 6. The van der Waals surface area contributed by atoms with Crippen molar-refractivity contribution in [3.05, 3.63) is 52.1 Å². The molecule has 0 radical (unpaired) electrons. The highest BCUT2D eigenvalue weighted by molar-refractivity contribution is 14.1. The topological polar surface area (TPSA) is 32.7 Å². The first-order chi connectivity index (χ1) is 11.5. The molecule has 3 nitrogen and oxygen atoms in total. The van der Waals surface area contributed by atoms with Gasteiger partial charge in [-0.05, 0) is 84.8 Å². The highest BCUT2D eigenvalue weighted by Crippen LogP contribution is 2.27. The number of hydrogen-bond acceptors (Lipinski definition) is 3. The summed E-state index contributed by atoms with van der Waals surface area (Å²) in [5.41, 5.74) is 1.58. The maximum Gasteiger partial charge on any atom is 0.119 e. The van der Waals surface area contributed by atoms with E-state index in [1.807, 2.05) is 25.1 Å². The molecular weight excluding hydrogens is 413 g/mol. The number of aliphatic hydroxyl groups is 1. The van der Waals surface area contributed by atoms with E-state index >= 15 is 0 Å². The van der Waals surface area contributed by atoms with Gasteiger partial charge in [0.2, 0.25) is 0 Å². The van der Waals surface area contributed by atoms with Gasteiger partial charge in [-0.2, -0.15) is 0 Å². The van der Waals surface area contributed by atoms with Gasteiger partial charge < -0.3 is 14.7 Å². The number of halogens is 1. The molecule has 0 aromatic heterocycles. The zero-order valence-corrected chi connectivity index (χ0v) is 16.2. The van der Waals surface area contributed by atoms with Crippen LogP contribution < -0.4 is 4.74 Å². The van der Waals surface area contributed by atoms with Crippen LogP contribution in [0.2, 0.25) is 0 Å². The summed E-state index contributed by atoms with van der Waals surface area (Å²) >= 11 is 2.35. The molecule has 2 aromatic rings. The van der Waals surface area contributed by atoms with Gasteiger partial charge in [-0.1, -0.05) is 30.3 Å². The van der Waals surface area contributed by atoms with Crippen molar-refractivity contribution in [2.45, 2.75) is 25.4 Å². The SMILES string of the molecule is CC(O)(COc1ccc(-c2ccccc2I)cc1)CN1CCCC1. The number of ether oxygens (including phenoxy) is 1. The molecular formula is C20H24INO2. The first-order valence-electron chi connectivity index (χ1n) is 8.46. The first-order valence-corrected chi connectivity index (χ1v) is 9.54. The molecule has 1 aliphatic rings. The van der Waals surface area contributed by atoms with Crippen molar-refractivity contribution in [1.29, 1.82) is 0 Å². The fraction of sp³-hybridized carbons (Fsp3) is 0.400. The Bertz CT molecular complexity index is 664. The predicted molar refractivity (Wildman–Crippen MR) is 106 cm³/mol. The minimum atomic E-state index is -0.822. The van der Waals surface area contributed by atoms with Crippen molar-refractivity contribution in [2.75, 3.05) is 26.2 Å². The molecule has 0 aliphatic carbocycles. The van der Waals surface area contributed by atoms with E-state index in [0.717, 1.165) is 18.8 Å². The monoisotopic (exact) mass is 437 g/mol. The second-order valence-electron chi connectivity index (χ2n) is 6.77. The molecule has 1 aliphatic heterocycles. The van der Waals surface area contributed by atoms with Crippen LogP contribution in [0.4, 0.5) is 0 Å². The summed E-state index contributed by atoms with van der Waals surface area (Å²) < 4.78 is 7.06. The molecule has 1 atom stereocenters. The number of nitrogens with zero attached hydrogens (tertiary/aromatic N) is 1. The Hall–Kier alpha value is -1.11. The summed E-state index contributed by atoms with van der Waals surface area (Å²) in [5, 5.41) is 10.5. The Morgan fingerprint density at radius 1 is 1.08 bits per heavy atom. The van der Waals surface area contributed by atoms with E-state index in [4.69, 9.17) is 4.74 Å². The van der Waals surface area contributed by atoms with Gasteiger partial charge in [-0.15, -0.1) is 0 Å². The molecule has 3 rings (SSSR count). The fourth-order valence-corrected chi connectivity index (χ4v) is 3.83. The van der Waals surface area contributed by atoms with Gasteiger partial charge in [-0.3, -0.25) is 0 Å². The molecule has 0 spiro atoms. The largest absolute Gasteiger partial charge is 0.491 e. The number of hydrogen-bond donors (Lipinski definition) is 1. The first kappa shape index (κ1) is 17.7. The maximum absolute atomic E-state index is 10.5. The van der Waals surface area contributed by atoms with E-state index in [1.54, 1.807) is 0 Å². The molecule has 4 heteroatoms. The van der Waals surface area contributed by atoms with Gasteiger partial charge in [-0.25, -0.2) is 0 Å². The van der Waals surface area contributed by atoms with E-state index in [0.29, 0.717) is 13.2 Å². The van der Waals surface area contributed by atoms with Crippen LogP contribution in [0.15, 0.2) is 48.5 Å². The number of benzene rings is 2. The van der Waals surface area contributed by atoms with Crippen LogP contribution in [0.25, 0.3) is 11.1 Å². The summed E-state index contributed by atoms with van der Waals surface area (Å²) in [7, 11) is 0. The Morgan fingerprint density at radius 2 is 1.75 bits per heavy atom. The van der Waals surface area contributed by atoms with Crippen LogP contribution in [-0.2, 0) is 0 Å². The van der Waals surface area contributed by atoms with E-state index in [1.165, 1.54) is 27.5 Å². The fourth-order valence-electron chi connectivity index (χ4n) is 3.13. The predicted octanol–water partition coefficient (Wildman–Crippen LogP) is 4.18. The standard InChI is InChI=1S/C20H24INO2/c1-20(23,14-22-12-4-5-13-22)15-24-17-10-8-16(9-11-17)18-6-2-3-7-19(18)21/h2-3,6-11,23H,4-5,12-15H2,1H3. The van der Waals surface area contributed by atoms with Gasteiger partial charge in [0.1, 0.15) is 18.0 Å².